The Kier molecular flexibility index (Phi) is 2.32. The number of fused-ring (bicyclic) bond motifs is 3. The Morgan fingerprint density at radius 1 is 1.35 bits per heavy atom. The number of hydrogen-bond acceptors (Lipinski definition) is 5. The van der Waals surface area contributed by atoms with Crippen molar-refractivity contribution < 1.29 is 4.79 Å². The maximum absolute atomic E-state index is 11.7. The van der Waals surface area contributed by atoms with Crippen molar-refractivity contribution in [1.82, 2.24) is 24.9 Å². The molecule has 7 nitrogen and oxygen atoms in total. The highest BCUT2D eigenvalue weighted by Gasteiger charge is 2.25. The molecule has 1 aromatic carbocycles. The van der Waals surface area contributed by atoms with Crippen LogP contribution in [0.4, 0.5) is 5.95 Å². The van der Waals surface area contributed by atoms with Gasteiger partial charge in [0.1, 0.15) is 12.4 Å². The second-order valence-corrected chi connectivity index (χ2v) is 4.72. The summed E-state index contributed by atoms with van der Waals surface area (Å²) in [5, 5.41) is 11.1. The summed E-state index contributed by atoms with van der Waals surface area (Å²) in [7, 11) is 0. The molecule has 20 heavy (non-hydrogen) atoms. The third-order valence-electron chi connectivity index (χ3n) is 3.47. The lowest BCUT2D eigenvalue weighted by molar-refractivity contribution is -0.119. The number of amides is 1. The second kappa shape index (κ2) is 4.16. The quantitative estimate of drug-likeness (QED) is 0.710. The first-order valence-electron chi connectivity index (χ1n) is 6.46. The summed E-state index contributed by atoms with van der Waals surface area (Å²) < 4.78 is 1.63. The number of rotatable bonds is 2. The molecule has 0 bridgehead atoms. The first kappa shape index (κ1) is 11.2. The van der Waals surface area contributed by atoms with Crippen molar-refractivity contribution in [2.24, 2.45) is 0 Å². The molecule has 0 saturated carbocycles. The Morgan fingerprint density at radius 2 is 2.25 bits per heavy atom. The van der Waals surface area contributed by atoms with Crippen LogP contribution in [0.3, 0.4) is 0 Å². The first-order valence-corrected chi connectivity index (χ1v) is 6.46. The molecule has 7 heteroatoms. The van der Waals surface area contributed by atoms with Crippen LogP contribution in [-0.4, -0.2) is 38.1 Å². The van der Waals surface area contributed by atoms with Crippen LogP contribution < -0.4 is 10.6 Å². The molecule has 1 saturated heterocycles. The molecule has 0 unspecified atom stereocenters. The summed E-state index contributed by atoms with van der Waals surface area (Å²) in [6.07, 6.45) is 2.23. The van der Waals surface area contributed by atoms with E-state index in [2.05, 4.69) is 25.7 Å². The average Bonchev–Trinajstić information content (AvgIpc) is 3.09. The Balaban J connectivity index is 1.88. The van der Waals surface area contributed by atoms with E-state index < -0.39 is 0 Å². The second-order valence-electron chi connectivity index (χ2n) is 4.72. The summed E-state index contributed by atoms with van der Waals surface area (Å²) in [5.74, 6) is 0.534. The van der Waals surface area contributed by atoms with Gasteiger partial charge in [-0.15, -0.1) is 0 Å². The molecule has 1 aliphatic heterocycles. The van der Waals surface area contributed by atoms with E-state index in [0.717, 1.165) is 23.0 Å². The third-order valence-corrected chi connectivity index (χ3v) is 3.47. The van der Waals surface area contributed by atoms with Crippen LogP contribution in [0.1, 0.15) is 6.42 Å². The minimum atomic E-state index is -0.268. The number of para-hydroxylation sites is 1. The number of nitrogens with zero attached hydrogens (tertiary/aromatic N) is 4. The van der Waals surface area contributed by atoms with Crippen LogP contribution in [0.25, 0.3) is 16.6 Å². The maximum Gasteiger partial charge on any atom is 0.242 e. The Hall–Kier alpha value is -2.70. The predicted octanol–water partition coefficient (Wildman–Crippen LogP) is 0.578. The van der Waals surface area contributed by atoms with E-state index in [1.165, 1.54) is 6.33 Å². The number of aromatic nitrogens is 4. The Bertz CT molecular complexity index is 811. The first-order chi connectivity index (χ1) is 9.83. The lowest BCUT2D eigenvalue weighted by Gasteiger charge is -2.12. The topological polar surface area (TPSA) is 84.2 Å². The molecular formula is C13H12N6O. The monoisotopic (exact) mass is 268 g/mol. The van der Waals surface area contributed by atoms with Crippen LogP contribution in [0.15, 0.2) is 30.6 Å². The van der Waals surface area contributed by atoms with E-state index in [9.17, 15) is 4.79 Å². The van der Waals surface area contributed by atoms with E-state index in [-0.39, 0.29) is 11.9 Å². The zero-order valence-corrected chi connectivity index (χ0v) is 10.6. The lowest BCUT2D eigenvalue weighted by Crippen LogP contribution is -2.30. The summed E-state index contributed by atoms with van der Waals surface area (Å²) in [5.41, 5.74) is 1.56. The largest absolute Gasteiger partial charge is 0.354 e. The van der Waals surface area contributed by atoms with Crippen LogP contribution in [0.5, 0.6) is 0 Å². The van der Waals surface area contributed by atoms with Gasteiger partial charge in [0.2, 0.25) is 11.9 Å². The smallest absolute Gasteiger partial charge is 0.242 e. The van der Waals surface area contributed by atoms with Gasteiger partial charge in [-0.25, -0.2) is 9.97 Å². The van der Waals surface area contributed by atoms with E-state index in [1.807, 2.05) is 24.3 Å². The standard InChI is InChI=1S/C13H12N6O/c20-12-10(5-6-14-12)18-13-17-9-4-2-1-3-8(9)11-15-7-16-19(11)13/h1-4,7,10H,5-6H2,(H,14,20)(H,17,18)/t10-/m1/s1. The average molecular weight is 268 g/mol. The van der Waals surface area contributed by atoms with E-state index in [4.69, 9.17) is 0 Å². The predicted molar refractivity (Wildman–Crippen MR) is 73.3 cm³/mol. The lowest BCUT2D eigenvalue weighted by atomic mass is 10.2. The van der Waals surface area contributed by atoms with Gasteiger partial charge in [-0.2, -0.15) is 9.61 Å². The molecule has 1 fully saturated rings. The molecular weight excluding hydrogens is 256 g/mol. The zero-order chi connectivity index (χ0) is 13.5. The number of carbonyl (C=O) groups excluding carboxylic acids is 1. The molecule has 1 atom stereocenters. The summed E-state index contributed by atoms with van der Waals surface area (Å²) in [4.78, 5) is 20.5. The molecule has 0 radical (unpaired) electrons. The van der Waals surface area contributed by atoms with Crippen molar-refractivity contribution in [2.45, 2.75) is 12.5 Å². The maximum atomic E-state index is 11.7. The fourth-order valence-corrected chi connectivity index (χ4v) is 2.48. The van der Waals surface area contributed by atoms with Crippen LogP contribution in [-0.2, 0) is 4.79 Å². The molecule has 4 rings (SSSR count). The molecule has 3 heterocycles. The van der Waals surface area contributed by atoms with Gasteiger partial charge in [0.05, 0.1) is 5.52 Å². The highest BCUT2D eigenvalue weighted by Crippen LogP contribution is 2.20. The molecule has 0 spiro atoms. The number of hydrogen-bond donors (Lipinski definition) is 2. The van der Waals surface area contributed by atoms with Crippen molar-refractivity contribution in [3.05, 3.63) is 30.6 Å². The van der Waals surface area contributed by atoms with Gasteiger partial charge in [-0.05, 0) is 18.6 Å². The molecule has 1 aliphatic rings. The van der Waals surface area contributed by atoms with Crippen molar-refractivity contribution in [3.8, 4) is 0 Å². The van der Waals surface area contributed by atoms with Crippen molar-refractivity contribution in [2.75, 3.05) is 11.9 Å². The van der Waals surface area contributed by atoms with E-state index in [0.29, 0.717) is 12.5 Å². The van der Waals surface area contributed by atoms with Gasteiger partial charge in [0, 0.05) is 11.9 Å². The highest BCUT2D eigenvalue weighted by atomic mass is 16.2. The van der Waals surface area contributed by atoms with Gasteiger partial charge in [0.15, 0.2) is 5.65 Å². The molecule has 2 N–H and O–H groups in total. The van der Waals surface area contributed by atoms with Gasteiger partial charge in [-0.3, -0.25) is 4.79 Å². The van der Waals surface area contributed by atoms with Crippen molar-refractivity contribution in [3.63, 3.8) is 0 Å². The van der Waals surface area contributed by atoms with E-state index in [1.54, 1.807) is 4.52 Å². The zero-order valence-electron chi connectivity index (χ0n) is 10.6. The SMILES string of the molecule is O=C1NCC[C@H]1Nc1nc2ccccc2c2ncnn12. The summed E-state index contributed by atoms with van der Waals surface area (Å²) in [6, 6.07) is 7.48. The third kappa shape index (κ3) is 1.59. The minimum Gasteiger partial charge on any atom is -0.354 e. The van der Waals surface area contributed by atoms with Crippen LogP contribution >= 0.6 is 0 Å². The highest BCUT2D eigenvalue weighted by molar-refractivity contribution is 5.92. The molecule has 100 valence electrons. The fourth-order valence-electron chi connectivity index (χ4n) is 2.48. The van der Waals surface area contributed by atoms with Gasteiger partial charge < -0.3 is 10.6 Å². The Labute approximate surface area is 114 Å². The summed E-state index contributed by atoms with van der Waals surface area (Å²) >= 11 is 0. The number of nitrogens with one attached hydrogen (secondary N) is 2. The van der Waals surface area contributed by atoms with Gasteiger partial charge >= 0.3 is 0 Å². The Morgan fingerprint density at radius 3 is 3.10 bits per heavy atom. The molecule has 1 amide bonds. The molecule has 2 aromatic heterocycles. The fraction of sp³-hybridized carbons (Fsp3) is 0.231. The van der Waals surface area contributed by atoms with Crippen LogP contribution in [0.2, 0.25) is 0 Å². The van der Waals surface area contributed by atoms with E-state index >= 15 is 0 Å². The number of carbonyl (C=O) groups is 1. The number of anilines is 1. The summed E-state index contributed by atoms with van der Waals surface area (Å²) in [6.45, 7) is 0.685. The minimum absolute atomic E-state index is 0.00627. The molecule has 3 aromatic rings. The van der Waals surface area contributed by atoms with Gasteiger partial charge in [0.25, 0.3) is 0 Å². The normalized spacial score (nSPS) is 18.6. The van der Waals surface area contributed by atoms with Crippen LogP contribution in [0, 0.1) is 0 Å². The van der Waals surface area contributed by atoms with Gasteiger partial charge in [-0.1, -0.05) is 12.1 Å². The van der Waals surface area contributed by atoms with Crippen molar-refractivity contribution >= 4 is 28.4 Å². The van der Waals surface area contributed by atoms with Crippen molar-refractivity contribution in [1.29, 1.82) is 0 Å². The number of benzene rings is 1. The molecule has 0 aliphatic carbocycles.